The third-order valence-electron chi connectivity index (χ3n) is 5.39. The first kappa shape index (κ1) is 23.0. The molecule has 0 unspecified atom stereocenters. The molecule has 1 aliphatic rings. The Hall–Kier alpha value is -4.16. The lowest BCUT2D eigenvalue weighted by Gasteiger charge is -2.16. The molecule has 0 saturated heterocycles. The van der Waals surface area contributed by atoms with Crippen LogP contribution in [0.2, 0.25) is 0 Å². The number of ether oxygens (including phenoxy) is 1. The van der Waals surface area contributed by atoms with Gasteiger partial charge in [0.1, 0.15) is 23.9 Å². The van der Waals surface area contributed by atoms with Gasteiger partial charge in [-0.15, -0.1) is 17.8 Å². The Balaban J connectivity index is 1.33. The quantitative estimate of drug-likeness (QED) is 0.484. The van der Waals surface area contributed by atoms with Crippen LogP contribution in [0.3, 0.4) is 0 Å². The average Bonchev–Trinajstić information content (AvgIpc) is 3.43. The van der Waals surface area contributed by atoms with Gasteiger partial charge in [0.05, 0.1) is 13.1 Å². The summed E-state index contributed by atoms with van der Waals surface area (Å²) in [6.45, 7) is -0.399. The molecule has 0 aliphatic heterocycles. The Morgan fingerprint density at radius 2 is 1.76 bits per heavy atom. The van der Waals surface area contributed by atoms with Gasteiger partial charge >= 0.3 is 12.1 Å². The summed E-state index contributed by atoms with van der Waals surface area (Å²) in [4.78, 5) is 41.0. The van der Waals surface area contributed by atoms with Crippen LogP contribution in [0, 0.1) is 12.3 Å². The van der Waals surface area contributed by atoms with Crippen LogP contribution in [0.1, 0.15) is 32.5 Å². The number of aliphatic carboxylic acids is 1. The highest BCUT2D eigenvalue weighted by Crippen LogP contribution is 2.44. The molecule has 0 fully saturated rings. The Kier molecular flexibility index (Phi) is 6.90. The summed E-state index contributed by atoms with van der Waals surface area (Å²) in [5.74, 6) is 0.471. The van der Waals surface area contributed by atoms with Gasteiger partial charge in [0.2, 0.25) is 0 Å². The molecule has 172 valence electrons. The minimum atomic E-state index is -1.17. The number of rotatable bonds is 8. The smallest absolute Gasteiger partial charge is 0.407 e. The first-order valence-electron chi connectivity index (χ1n) is 10.5. The highest BCUT2D eigenvalue weighted by Gasteiger charge is 2.29. The van der Waals surface area contributed by atoms with E-state index >= 15 is 0 Å². The van der Waals surface area contributed by atoms with Gasteiger partial charge in [0, 0.05) is 11.3 Å². The maximum Gasteiger partial charge on any atom is 0.407 e. The number of alkyl carbamates (subject to hydrolysis) is 1. The van der Waals surface area contributed by atoms with Crippen molar-refractivity contribution in [2.24, 2.45) is 0 Å². The van der Waals surface area contributed by atoms with Crippen LogP contribution in [-0.2, 0) is 16.1 Å². The maximum atomic E-state index is 12.5. The minimum Gasteiger partial charge on any atom is -0.480 e. The third kappa shape index (κ3) is 4.92. The molecule has 1 aromatic heterocycles. The number of aromatic nitrogens is 1. The summed E-state index contributed by atoms with van der Waals surface area (Å²) < 4.78 is 5.49. The molecule has 0 saturated carbocycles. The topological polar surface area (TPSA) is 109 Å². The van der Waals surface area contributed by atoms with E-state index in [0.717, 1.165) is 27.2 Å². The van der Waals surface area contributed by atoms with Crippen molar-refractivity contribution in [3.63, 3.8) is 0 Å². The molecule has 2 amide bonds. The molecule has 2 N–H and O–H groups in total. The molecular weight excluding hydrogens is 454 g/mol. The zero-order valence-electron chi connectivity index (χ0n) is 18.1. The van der Waals surface area contributed by atoms with Crippen LogP contribution in [-0.4, -0.2) is 52.7 Å². The molecule has 3 aromatic rings. The van der Waals surface area contributed by atoms with Gasteiger partial charge in [-0.3, -0.25) is 9.59 Å². The summed E-state index contributed by atoms with van der Waals surface area (Å²) in [6.07, 6.45) is 4.62. The van der Waals surface area contributed by atoms with Gasteiger partial charge in [-0.05, 0) is 22.3 Å². The van der Waals surface area contributed by atoms with E-state index in [1.807, 2.05) is 36.4 Å². The third-order valence-corrected chi connectivity index (χ3v) is 6.24. The summed E-state index contributed by atoms with van der Waals surface area (Å²) in [7, 11) is 0. The van der Waals surface area contributed by atoms with Crippen molar-refractivity contribution < 1.29 is 24.2 Å². The monoisotopic (exact) mass is 475 g/mol. The molecule has 0 radical (unpaired) electrons. The van der Waals surface area contributed by atoms with Gasteiger partial charge in [0.25, 0.3) is 5.91 Å². The van der Waals surface area contributed by atoms with E-state index in [1.165, 1.54) is 16.7 Å². The predicted octanol–water partition coefficient (Wildman–Crippen LogP) is 3.34. The average molecular weight is 476 g/mol. The number of nitrogens with one attached hydrogen (secondary N) is 1. The lowest BCUT2D eigenvalue weighted by molar-refractivity contribution is -0.137. The van der Waals surface area contributed by atoms with Crippen molar-refractivity contribution in [2.75, 3.05) is 19.7 Å². The Labute approximate surface area is 200 Å². The number of thiazole rings is 1. The van der Waals surface area contributed by atoms with Crippen molar-refractivity contribution in [1.29, 1.82) is 0 Å². The number of hydrogen-bond acceptors (Lipinski definition) is 6. The van der Waals surface area contributed by atoms with Gasteiger partial charge in [-0.25, -0.2) is 9.78 Å². The van der Waals surface area contributed by atoms with Gasteiger partial charge in [-0.2, -0.15) is 0 Å². The van der Waals surface area contributed by atoms with Crippen LogP contribution >= 0.6 is 11.3 Å². The Morgan fingerprint density at radius 3 is 2.38 bits per heavy atom. The molecule has 1 aliphatic carbocycles. The number of carboxylic acid groups (broad SMARTS) is 1. The van der Waals surface area contributed by atoms with Crippen LogP contribution in [0.25, 0.3) is 11.1 Å². The van der Waals surface area contributed by atoms with Crippen molar-refractivity contribution >= 4 is 29.3 Å². The van der Waals surface area contributed by atoms with Gasteiger partial charge in [0.15, 0.2) is 0 Å². The number of benzene rings is 2. The molecule has 34 heavy (non-hydrogen) atoms. The molecule has 0 bridgehead atoms. The Bertz CT molecular complexity index is 1230. The molecule has 2 aromatic carbocycles. The van der Waals surface area contributed by atoms with E-state index in [-0.39, 0.29) is 31.3 Å². The molecule has 0 spiro atoms. The van der Waals surface area contributed by atoms with Crippen molar-refractivity contribution in [2.45, 2.75) is 12.5 Å². The van der Waals surface area contributed by atoms with Crippen LogP contribution in [0.5, 0.6) is 0 Å². The number of fused-ring (bicyclic) bond motifs is 3. The predicted molar refractivity (Wildman–Crippen MR) is 126 cm³/mol. The van der Waals surface area contributed by atoms with Crippen molar-refractivity contribution in [1.82, 2.24) is 15.2 Å². The van der Waals surface area contributed by atoms with E-state index in [1.54, 1.807) is 0 Å². The fraction of sp³-hybridized carbons (Fsp3) is 0.200. The van der Waals surface area contributed by atoms with Crippen LogP contribution < -0.4 is 5.32 Å². The number of carbonyl (C=O) groups is 3. The molecular formula is C25H21N3O5S. The molecule has 4 rings (SSSR count). The van der Waals surface area contributed by atoms with Crippen molar-refractivity contribution in [3.8, 4) is 23.5 Å². The number of carbonyl (C=O) groups excluding carboxylic acids is 2. The zero-order valence-corrected chi connectivity index (χ0v) is 18.9. The number of amides is 2. The van der Waals surface area contributed by atoms with E-state index in [0.29, 0.717) is 5.01 Å². The fourth-order valence-corrected chi connectivity index (χ4v) is 4.63. The fourth-order valence-electron chi connectivity index (χ4n) is 3.92. The highest BCUT2D eigenvalue weighted by molar-refractivity contribution is 7.09. The second-order valence-corrected chi connectivity index (χ2v) is 8.51. The van der Waals surface area contributed by atoms with Gasteiger partial charge < -0.3 is 20.1 Å². The summed E-state index contributed by atoms with van der Waals surface area (Å²) in [5.41, 5.74) is 4.61. The van der Waals surface area contributed by atoms with E-state index < -0.39 is 24.5 Å². The van der Waals surface area contributed by atoms with Crippen LogP contribution in [0.4, 0.5) is 4.79 Å². The highest BCUT2D eigenvalue weighted by atomic mass is 32.1. The molecule has 1 heterocycles. The largest absolute Gasteiger partial charge is 0.480 e. The second-order valence-electron chi connectivity index (χ2n) is 7.56. The number of terminal acetylenes is 1. The second kappa shape index (κ2) is 10.2. The van der Waals surface area contributed by atoms with E-state index in [4.69, 9.17) is 16.3 Å². The van der Waals surface area contributed by atoms with E-state index in [2.05, 4.69) is 28.4 Å². The molecule has 0 atom stereocenters. The summed E-state index contributed by atoms with van der Waals surface area (Å²) in [6, 6.07) is 16.2. The molecule has 9 heteroatoms. The van der Waals surface area contributed by atoms with Crippen molar-refractivity contribution in [3.05, 3.63) is 75.7 Å². The first-order chi connectivity index (χ1) is 16.5. The number of nitrogens with zero attached hydrogens (tertiary/aromatic N) is 2. The van der Waals surface area contributed by atoms with Crippen LogP contribution in [0.15, 0.2) is 53.9 Å². The zero-order chi connectivity index (χ0) is 24.1. The SMILES string of the molecule is C#CCN(CC(=O)O)C(=O)c1csc(CNC(=O)OCC2c3ccccc3-c3ccccc32)n1. The standard InChI is InChI=1S/C25H21N3O5S/c1-2-11-28(13-23(29)30)24(31)21-15-34-22(27-21)12-26-25(32)33-14-20-18-9-5-3-7-16(18)17-8-4-6-10-19(17)20/h1,3-10,15,20H,11-14H2,(H,26,32)(H,29,30). The summed E-state index contributed by atoms with van der Waals surface area (Å²) >= 11 is 1.17. The first-order valence-corrected chi connectivity index (χ1v) is 11.3. The maximum absolute atomic E-state index is 12.5. The lowest BCUT2D eigenvalue weighted by Crippen LogP contribution is -2.36. The van der Waals surface area contributed by atoms with E-state index in [9.17, 15) is 14.4 Å². The van der Waals surface area contributed by atoms with Gasteiger partial charge in [-0.1, -0.05) is 54.5 Å². The molecule has 8 nitrogen and oxygen atoms in total. The number of hydrogen-bond donors (Lipinski definition) is 2. The normalized spacial score (nSPS) is 11.7. The lowest BCUT2D eigenvalue weighted by atomic mass is 9.98. The summed E-state index contributed by atoms with van der Waals surface area (Å²) in [5, 5.41) is 13.6. The minimum absolute atomic E-state index is 0.0430. The number of carboxylic acids is 1. The Morgan fingerprint density at radius 1 is 1.12 bits per heavy atom.